The van der Waals surface area contributed by atoms with Crippen molar-refractivity contribution in [1.82, 2.24) is 0 Å². The van der Waals surface area contributed by atoms with E-state index in [1.807, 2.05) is 0 Å². The van der Waals surface area contributed by atoms with E-state index in [0.717, 1.165) is 19.3 Å². The van der Waals surface area contributed by atoms with Crippen molar-refractivity contribution in [3.63, 3.8) is 0 Å². The maximum Gasteiger partial charge on any atom is 0.311 e. The monoisotopic (exact) mass is 214 g/mol. The number of unbranched alkanes of at least 4 members (excludes halogenated alkanes) is 6. The van der Waals surface area contributed by atoms with Crippen molar-refractivity contribution >= 4 is 5.97 Å². The van der Waals surface area contributed by atoms with Crippen LogP contribution < -0.4 is 0 Å². The number of rotatable bonds is 9. The molecule has 0 aliphatic heterocycles. The number of aliphatic hydroxyl groups is 1. The summed E-state index contributed by atoms with van der Waals surface area (Å²) in [5.41, 5.74) is 0. The van der Waals surface area contributed by atoms with Crippen LogP contribution in [0.5, 0.6) is 0 Å². The molecule has 3 heteroatoms. The Hall–Kier alpha value is -0.990. The number of hydrogen-bond donors (Lipinski definition) is 2. The van der Waals surface area contributed by atoms with Crippen LogP contribution in [0.4, 0.5) is 0 Å². The predicted octanol–water partition coefficient (Wildman–Crippen LogP) is 3.65. The summed E-state index contributed by atoms with van der Waals surface area (Å²) in [6, 6.07) is 0. The second-order valence-corrected chi connectivity index (χ2v) is 3.82. The van der Waals surface area contributed by atoms with Gasteiger partial charge in [0, 0.05) is 0 Å². The van der Waals surface area contributed by atoms with Crippen LogP contribution in [0.25, 0.3) is 0 Å². The third-order valence-corrected chi connectivity index (χ3v) is 2.27. The Balaban J connectivity index is 3.32. The van der Waals surface area contributed by atoms with E-state index in [-0.39, 0.29) is 12.2 Å². The molecule has 3 nitrogen and oxygen atoms in total. The maximum atomic E-state index is 10.2. The first-order chi connectivity index (χ1) is 7.16. The molecule has 0 saturated heterocycles. The van der Waals surface area contributed by atoms with Crippen LogP contribution in [-0.4, -0.2) is 16.2 Å². The van der Waals surface area contributed by atoms with Crippen LogP contribution in [-0.2, 0) is 4.79 Å². The molecule has 88 valence electrons. The molecule has 0 saturated carbocycles. The summed E-state index contributed by atoms with van der Waals surface area (Å²) in [4.78, 5) is 10.2. The molecule has 15 heavy (non-hydrogen) atoms. The van der Waals surface area contributed by atoms with E-state index < -0.39 is 5.97 Å². The van der Waals surface area contributed by atoms with Gasteiger partial charge in [-0.1, -0.05) is 39.0 Å². The fourth-order valence-electron chi connectivity index (χ4n) is 1.42. The van der Waals surface area contributed by atoms with E-state index in [4.69, 9.17) is 10.2 Å². The van der Waals surface area contributed by atoms with Crippen LogP contribution in [0.2, 0.25) is 0 Å². The van der Waals surface area contributed by atoms with Crippen LogP contribution >= 0.6 is 0 Å². The summed E-state index contributed by atoms with van der Waals surface area (Å²) in [6.45, 7) is 2.19. The molecule has 0 aromatic rings. The van der Waals surface area contributed by atoms with E-state index in [1.54, 1.807) is 6.08 Å². The van der Waals surface area contributed by atoms with Gasteiger partial charge < -0.3 is 10.2 Å². The minimum Gasteiger partial charge on any atom is -0.512 e. The summed E-state index contributed by atoms with van der Waals surface area (Å²) in [5, 5.41) is 17.5. The van der Waals surface area contributed by atoms with Crippen molar-refractivity contribution in [2.24, 2.45) is 0 Å². The minimum atomic E-state index is -0.980. The average molecular weight is 214 g/mol. The Morgan fingerprint density at radius 1 is 1.07 bits per heavy atom. The standard InChI is InChI=1S/C12H22O3/c1-2-3-4-5-6-7-8-9-11(13)10-12(14)15/h9,13H,2-8,10H2,1H3,(H,14,15). The summed E-state index contributed by atoms with van der Waals surface area (Å²) >= 11 is 0. The van der Waals surface area contributed by atoms with Gasteiger partial charge >= 0.3 is 5.97 Å². The average Bonchev–Trinajstić information content (AvgIpc) is 2.15. The van der Waals surface area contributed by atoms with Crippen molar-refractivity contribution in [1.29, 1.82) is 0 Å². The summed E-state index contributed by atoms with van der Waals surface area (Å²) < 4.78 is 0. The summed E-state index contributed by atoms with van der Waals surface area (Å²) in [7, 11) is 0. The summed E-state index contributed by atoms with van der Waals surface area (Å²) in [5.74, 6) is -0.997. The predicted molar refractivity (Wildman–Crippen MR) is 61.0 cm³/mol. The lowest BCUT2D eigenvalue weighted by Gasteiger charge is -1.98. The van der Waals surface area contributed by atoms with Gasteiger partial charge in [-0.3, -0.25) is 4.79 Å². The van der Waals surface area contributed by atoms with Crippen molar-refractivity contribution in [3.8, 4) is 0 Å². The first kappa shape index (κ1) is 14.0. The number of allylic oxidation sites excluding steroid dienone is 1. The molecular formula is C12H22O3. The van der Waals surface area contributed by atoms with E-state index >= 15 is 0 Å². The fraction of sp³-hybridized carbons (Fsp3) is 0.750. The third-order valence-electron chi connectivity index (χ3n) is 2.27. The van der Waals surface area contributed by atoms with Gasteiger partial charge in [0.15, 0.2) is 0 Å². The lowest BCUT2D eigenvalue weighted by atomic mass is 10.1. The molecule has 0 aliphatic rings. The molecule has 0 fully saturated rings. The Kier molecular flexibility index (Phi) is 8.93. The van der Waals surface area contributed by atoms with E-state index in [9.17, 15) is 4.79 Å². The Morgan fingerprint density at radius 2 is 1.67 bits per heavy atom. The number of aliphatic hydroxyl groups excluding tert-OH is 1. The molecule has 0 aromatic carbocycles. The topological polar surface area (TPSA) is 57.5 Å². The number of carboxylic acids is 1. The zero-order valence-corrected chi connectivity index (χ0v) is 9.54. The van der Waals surface area contributed by atoms with Crippen LogP contribution in [0.1, 0.15) is 58.3 Å². The normalized spacial score (nSPS) is 11.7. The SMILES string of the molecule is CCCCCCCCC=C(O)CC(=O)O. The molecule has 0 rings (SSSR count). The highest BCUT2D eigenvalue weighted by molar-refractivity contribution is 5.69. The number of carbonyl (C=O) groups is 1. The molecule has 0 aromatic heterocycles. The lowest BCUT2D eigenvalue weighted by molar-refractivity contribution is -0.136. The van der Waals surface area contributed by atoms with Gasteiger partial charge in [0.25, 0.3) is 0 Å². The van der Waals surface area contributed by atoms with Gasteiger partial charge in [0.05, 0.1) is 5.76 Å². The molecule has 0 aliphatic carbocycles. The second-order valence-electron chi connectivity index (χ2n) is 3.82. The second kappa shape index (κ2) is 9.56. The highest BCUT2D eigenvalue weighted by Gasteiger charge is 1.99. The quantitative estimate of drug-likeness (QED) is 0.455. The van der Waals surface area contributed by atoms with Gasteiger partial charge in [-0.15, -0.1) is 0 Å². The van der Waals surface area contributed by atoms with Crippen molar-refractivity contribution < 1.29 is 15.0 Å². The Bertz CT molecular complexity index is 197. The molecule has 0 heterocycles. The first-order valence-corrected chi connectivity index (χ1v) is 5.76. The molecular weight excluding hydrogens is 192 g/mol. The third kappa shape index (κ3) is 10.9. The van der Waals surface area contributed by atoms with Crippen molar-refractivity contribution in [3.05, 3.63) is 11.8 Å². The number of hydrogen-bond acceptors (Lipinski definition) is 2. The van der Waals surface area contributed by atoms with Crippen LogP contribution in [0, 0.1) is 0 Å². The van der Waals surface area contributed by atoms with Gasteiger partial charge in [0.1, 0.15) is 6.42 Å². The molecule has 0 amide bonds. The highest BCUT2D eigenvalue weighted by atomic mass is 16.4. The molecule has 0 spiro atoms. The molecule has 0 unspecified atom stereocenters. The van der Waals surface area contributed by atoms with Crippen molar-refractivity contribution in [2.75, 3.05) is 0 Å². The van der Waals surface area contributed by atoms with Gasteiger partial charge in [-0.05, 0) is 18.9 Å². The van der Waals surface area contributed by atoms with Crippen LogP contribution in [0.15, 0.2) is 11.8 Å². The lowest BCUT2D eigenvalue weighted by Crippen LogP contribution is -1.96. The van der Waals surface area contributed by atoms with E-state index in [2.05, 4.69) is 6.92 Å². The first-order valence-electron chi connectivity index (χ1n) is 5.76. The maximum absolute atomic E-state index is 10.2. The largest absolute Gasteiger partial charge is 0.512 e. The zero-order chi connectivity index (χ0) is 11.5. The summed E-state index contributed by atoms with van der Waals surface area (Å²) in [6.07, 6.45) is 9.40. The van der Waals surface area contributed by atoms with Crippen molar-refractivity contribution in [2.45, 2.75) is 58.3 Å². The Labute approximate surface area is 91.8 Å². The Morgan fingerprint density at radius 3 is 2.27 bits per heavy atom. The smallest absolute Gasteiger partial charge is 0.311 e. The number of carboxylic acid groups (broad SMARTS) is 1. The molecule has 0 atom stereocenters. The highest BCUT2D eigenvalue weighted by Crippen LogP contribution is 2.08. The van der Waals surface area contributed by atoms with Gasteiger partial charge in [-0.25, -0.2) is 0 Å². The van der Waals surface area contributed by atoms with Crippen LogP contribution in [0.3, 0.4) is 0 Å². The fourth-order valence-corrected chi connectivity index (χ4v) is 1.42. The number of aliphatic carboxylic acids is 1. The van der Waals surface area contributed by atoms with Gasteiger partial charge in [0.2, 0.25) is 0 Å². The van der Waals surface area contributed by atoms with E-state index in [0.29, 0.717) is 0 Å². The minimum absolute atomic E-state index is 0.0175. The van der Waals surface area contributed by atoms with E-state index in [1.165, 1.54) is 25.7 Å². The van der Waals surface area contributed by atoms with Gasteiger partial charge in [-0.2, -0.15) is 0 Å². The molecule has 0 radical (unpaired) electrons. The molecule has 2 N–H and O–H groups in total. The molecule has 0 bridgehead atoms. The zero-order valence-electron chi connectivity index (χ0n) is 9.54.